The minimum atomic E-state index is -0.486. The van der Waals surface area contributed by atoms with Gasteiger partial charge in [0.05, 0.1) is 12.8 Å². The third-order valence-electron chi connectivity index (χ3n) is 6.62. The van der Waals surface area contributed by atoms with Crippen LogP contribution in [0.2, 0.25) is 0 Å². The van der Waals surface area contributed by atoms with Crippen molar-refractivity contribution in [3.63, 3.8) is 0 Å². The van der Waals surface area contributed by atoms with Gasteiger partial charge in [0.1, 0.15) is 5.82 Å². The van der Waals surface area contributed by atoms with Crippen LogP contribution >= 0.6 is 0 Å². The third kappa shape index (κ3) is 3.03. The molecular weight excluding hydrogens is 373 g/mol. The first-order valence-corrected chi connectivity index (χ1v) is 10.3. The van der Waals surface area contributed by atoms with Crippen LogP contribution < -0.4 is 10.3 Å². The molecule has 0 bridgehead atoms. The molecule has 1 atom stereocenters. The molecule has 2 aliphatic carbocycles. The fraction of sp³-hybridized carbons (Fsp3) is 0.500. The summed E-state index contributed by atoms with van der Waals surface area (Å²) < 4.78 is 18.8. The molecule has 0 radical (unpaired) electrons. The first-order valence-electron chi connectivity index (χ1n) is 10.3. The van der Waals surface area contributed by atoms with Gasteiger partial charge in [-0.25, -0.2) is 9.37 Å². The van der Waals surface area contributed by atoms with Gasteiger partial charge in [-0.15, -0.1) is 0 Å². The molecule has 1 aromatic carbocycles. The molecule has 1 aromatic heterocycles. The van der Waals surface area contributed by atoms with Crippen LogP contribution in [0.3, 0.4) is 0 Å². The number of carbonyl (C=O) groups excluding carboxylic acids is 1. The zero-order valence-corrected chi connectivity index (χ0v) is 16.5. The van der Waals surface area contributed by atoms with Gasteiger partial charge in [-0.1, -0.05) is 0 Å². The van der Waals surface area contributed by atoms with Crippen LogP contribution in [-0.2, 0) is 11.8 Å². The Morgan fingerprint density at radius 3 is 2.93 bits per heavy atom. The Balaban J connectivity index is 1.46. The summed E-state index contributed by atoms with van der Waals surface area (Å²) in [4.78, 5) is 35.4. The largest absolute Gasteiger partial charge is 0.494 e. The predicted molar refractivity (Wildman–Crippen MR) is 105 cm³/mol. The van der Waals surface area contributed by atoms with Gasteiger partial charge in [0.2, 0.25) is 0 Å². The molecule has 5 rings (SSSR count). The maximum atomic E-state index is 13.7. The van der Waals surface area contributed by atoms with Crippen molar-refractivity contribution in [3.05, 3.63) is 57.0 Å². The molecule has 2 aromatic rings. The Hall–Kier alpha value is -2.70. The molecule has 2 fully saturated rings. The number of hydrogen-bond acceptors (Lipinski definition) is 4. The van der Waals surface area contributed by atoms with E-state index in [-0.39, 0.29) is 22.6 Å². The van der Waals surface area contributed by atoms with Gasteiger partial charge in [-0.3, -0.25) is 9.59 Å². The number of nitrogens with one attached hydrogen (secondary N) is 1. The van der Waals surface area contributed by atoms with E-state index in [0.29, 0.717) is 31.0 Å². The summed E-state index contributed by atoms with van der Waals surface area (Å²) in [7, 11) is 1.39. The smallest absolute Gasteiger partial charge is 0.254 e. The van der Waals surface area contributed by atoms with Crippen LogP contribution in [0.4, 0.5) is 4.39 Å². The van der Waals surface area contributed by atoms with Crippen molar-refractivity contribution < 1.29 is 13.9 Å². The monoisotopic (exact) mass is 397 g/mol. The number of ether oxygens (including phenoxy) is 1. The topological polar surface area (TPSA) is 75.3 Å². The van der Waals surface area contributed by atoms with Crippen LogP contribution in [0.5, 0.6) is 5.75 Å². The summed E-state index contributed by atoms with van der Waals surface area (Å²) in [5.74, 6) is 0.624. The van der Waals surface area contributed by atoms with E-state index in [2.05, 4.69) is 4.98 Å². The number of aromatic amines is 1. The highest BCUT2D eigenvalue weighted by Gasteiger charge is 2.46. The molecule has 1 N–H and O–H groups in total. The number of nitrogens with zero attached hydrogens (tertiary/aromatic N) is 2. The van der Waals surface area contributed by atoms with Gasteiger partial charge >= 0.3 is 0 Å². The number of fused-ring (bicyclic) bond motifs is 2. The SMILES string of the molecule is COc1cc(C(=O)N2CCCC3(CCc4c3nc(C3CC3)[nH]c4=O)C2)ccc1F. The molecule has 1 aliphatic heterocycles. The lowest BCUT2D eigenvalue weighted by Crippen LogP contribution is -2.48. The Labute approximate surface area is 168 Å². The highest BCUT2D eigenvalue weighted by atomic mass is 19.1. The van der Waals surface area contributed by atoms with E-state index in [4.69, 9.17) is 9.72 Å². The second-order valence-electron chi connectivity index (χ2n) is 8.51. The third-order valence-corrected chi connectivity index (χ3v) is 6.62. The molecule has 1 unspecified atom stereocenters. The number of H-pyrrole nitrogens is 1. The zero-order valence-electron chi connectivity index (χ0n) is 16.5. The molecule has 1 saturated heterocycles. The minimum Gasteiger partial charge on any atom is -0.494 e. The lowest BCUT2D eigenvalue weighted by Gasteiger charge is -2.40. The van der Waals surface area contributed by atoms with Crippen molar-refractivity contribution in [2.75, 3.05) is 20.2 Å². The zero-order chi connectivity index (χ0) is 20.2. The van der Waals surface area contributed by atoms with Gasteiger partial charge in [-0.05, 0) is 56.7 Å². The summed E-state index contributed by atoms with van der Waals surface area (Å²) in [5, 5.41) is 0. The van der Waals surface area contributed by atoms with E-state index >= 15 is 0 Å². The molecule has 1 spiro atoms. The number of rotatable bonds is 3. The summed E-state index contributed by atoms with van der Waals surface area (Å²) >= 11 is 0. The maximum Gasteiger partial charge on any atom is 0.254 e. The molecule has 2 heterocycles. The van der Waals surface area contributed by atoms with Gasteiger partial charge < -0.3 is 14.6 Å². The highest BCUT2D eigenvalue weighted by molar-refractivity contribution is 5.94. The first kappa shape index (κ1) is 18.3. The average molecular weight is 397 g/mol. The molecule has 7 heteroatoms. The maximum absolute atomic E-state index is 13.7. The lowest BCUT2D eigenvalue weighted by molar-refractivity contribution is 0.0632. The van der Waals surface area contributed by atoms with Gasteiger partial charge in [0.25, 0.3) is 11.5 Å². The van der Waals surface area contributed by atoms with Crippen LogP contribution in [-0.4, -0.2) is 41.0 Å². The van der Waals surface area contributed by atoms with Crippen molar-refractivity contribution in [1.29, 1.82) is 0 Å². The van der Waals surface area contributed by atoms with Crippen molar-refractivity contribution in [3.8, 4) is 5.75 Å². The lowest BCUT2D eigenvalue weighted by atomic mass is 9.77. The highest BCUT2D eigenvalue weighted by Crippen LogP contribution is 2.45. The average Bonchev–Trinajstić information content (AvgIpc) is 3.53. The van der Waals surface area contributed by atoms with Crippen LogP contribution in [0, 0.1) is 5.82 Å². The number of amides is 1. The quantitative estimate of drug-likeness (QED) is 0.864. The molecule has 6 nitrogen and oxygen atoms in total. The Bertz CT molecular complexity index is 1050. The standard InChI is InChI=1S/C22H24FN3O3/c1-29-17-11-14(5-6-16(17)23)21(28)26-10-2-8-22(12-26)9-7-15-18(22)24-19(13-3-4-13)25-20(15)27/h5-6,11,13H,2-4,7-10,12H2,1H3,(H,24,25,27). The van der Waals surface area contributed by atoms with E-state index in [1.165, 1.54) is 25.3 Å². The van der Waals surface area contributed by atoms with Gasteiger partial charge in [-0.2, -0.15) is 0 Å². The number of likely N-dealkylation sites (tertiary alicyclic amines) is 1. The Morgan fingerprint density at radius 2 is 2.17 bits per heavy atom. The van der Waals surface area contributed by atoms with Crippen molar-refractivity contribution in [2.24, 2.45) is 0 Å². The number of hydrogen-bond donors (Lipinski definition) is 1. The normalized spacial score (nSPS) is 23.3. The predicted octanol–water partition coefficient (Wildman–Crippen LogP) is 2.92. The summed E-state index contributed by atoms with van der Waals surface area (Å²) in [6, 6.07) is 4.22. The second kappa shape index (κ2) is 6.68. The van der Waals surface area contributed by atoms with Crippen LogP contribution in [0.1, 0.15) is 65.5 Å². The van der Waals surface area contributed by atoms with E-state index in [1.54, 1.807) is 0 Å². The van der Waals surface area contributed by atoms with Crippen molar-refractivity contribution in [2.45, 2.75) is 49.9 Å². The summed E-state index contributed by atoms with van der Waals surface area (Å²) in [5.41, 5.74) is 1.83. The number of halogens is 1. The first-order chi connectivity index (χ1) is 14.0. The van der Waals surface area contributed by atoms with Crippen LogP contribution in [0.15, 0.2) is 23.0 Å². The fourth-order valence-electron chi connectivity index (χ4n) is 4.90. The molecule has 1 saturated carbocycles. The van der Waals surface area contributed by atoms with Crippen molar-refractivity contribution in [1.82, 2.24) is 14.9 Å². The summed E-state index contributed by atoms with van der Waals surface area (Å²) in [6.07, 6.45) is 5.48. The number of methoxy groups -OCH3 is 1. The summed E-state index contributed by atoms with van der Waals surface area (Å²) in [6.45, 7) is 1.19. The molecule has 29 heavy (non-hydrogen) atoms. The van der Waals surface area contributed by atoms with E-state index in [0.717, 1.165) is 49.2 Å². The van der Waals surface area contributed by atoms with E-state index in [9.17, 15) is 14.0 Å². The van der Waals surface area contributed by atoms with E-state index < -0.39 is 5.82 Å². The Morgan fingerprint density at radius 1 is 1.34 bits per heavy atom. The number of aromatic nitrogens is 2. The Kier molecular flexibility index (Phi) is 4.22. The molecule has 1 amide bonds. The van der Waals surface area contributed by atoms with E-state index in [1.807, 2.05) is 4.90 Å². The second-order valence-corrected chi connectivity index (χ2v) is 8.51. The fourth-order valence-corrected chi connectivity index (χ4v) is 4.90. The number of carbonyl (C=O) groups is 1. The van der Waals surface area contributed by atoms with Crippen LogP contribution in [0.25, 0.3) is 0 Å². The molecule has 152 valence electrons. The molecule has 3 aliphatic rings. The van der Waals surface area contributed by atoms with Gasteiger partial charge in [0.15, 0.2) is 11.6 Å². The van der Waals surface area contributed by atoms with Gasteiger partial charge in [0, 0.05) is 35.5 Å². The molecular formula is C22H24FN3O3. The number of piperidine rings is 1. The van der Waals surface area contributed by atoms with Crippen molar-refractivity contribution >= 4 is 5.91 Å². The minimum absolute atomic E-state index is 0.0134. The number of benzene rings is 1.